The molecule has 2 heterocycles. The van der Waals surface area contributed by atoms with Gasteiger partial charge in [0.25, 0.3) is 0 Å². The van der Waals surface area contributed by atoms with Crippen LogP contribution in [0.3, 0.4) is 0 Å². The fraction of sp³-hybridized carbons (Fsp3) is 0.588. The number of ether oxygens (including phenoxy) is 2. The summed E-state index contributed by atoms with van der Waals surface area (Å²) in [4.78, 5) is 12.3. The summed E-state index contributed by atoms with van der Waals surface area (Å²) in [6.45, 7) is 2.82. The Balaban J connectivity index is 0.00000261. The average Bonchev–Trinajstić information content (AvgIpc) is 2.67. The van der Waals surface area contributed by atoms with Gasteiger partial charge in [-0.3, -0.25) is 4.79 Å². The van der Waals surface area contributed by atoms with E-state index in [0.29, 0.717) is 63.7 Å². The predicted octanol–water partition coefficient (Wildman–Crippen LogP) is 0.616. The SMILES string of the molecule is CNCCNC(=O)C1CCN(S(=O)(=O)c2ccc3c(c2)OCCO3)CC1.Cl. The van der Waals surface area contributed by atoms with Crippen molar-refractivity contribution >= 4 is 28.3 Å². The summed E-state index contributed by atoms with van der Waals surface area (Å²) in [5, 5.41) is 5.84. The molecule has 0 aliphatic carbocycles. The third kappa shape index (κ3) is 5.04. The molecular formula is C17H26ClN3O5S. The molecule has 10 heteroatoms. The molecule has 1 saturated heterocycles. The molecule has 27 heavy (non-hydrogen) atoms. The van der Waals surface area contributed by atoms with Gasteiger partial charge in [0.1, 0.15) is 13.2 Å². The van der Waals surface area contributed by atoms with Crippen LogP contribution in [0.25, 0.3) is 0 Å². The molecule has 3 rings (SSSR count). The third-order valence-corrected chi connectivity index (χ3v) is 6.55. The second-order valence-corrected chi connectivity index (χ2v) is 8.32. The largest absolute Gasteiger partial charge is 0.486 e. The minimum absolute atomic E-state index is 0. The maximum absolute atomic E-state index is 12.9. The number of hydrogen-bond donors (Lipinski definition) is 2. The number of nitrogens with one attached hydrogen (secondary N) is 2. The molecule has 1 aromatic carbocycles. The number of halogens is 1. The van der Waals surface area contributed by atoms with E-state index in [2.05, 4.69) is 10.6 Å². The van der Waals surface area contributed by atoms with Crippen LogP contribution >= 0.6 is 12.4 Å². The number of benzene rings is 1. The van der Waals surface area contributed by atoms with Gasteiger partial charge in [0.15, 0.2) is 11.5 Å². The Kier molecular flexibility index (Phi) is 7.72. The van der Waals surface area contributed by atoms with E-state index in [1.807, 2.05) is 7.05 Å². The highest BCUT2D eigenvalue weighted by Gasteiger charge is 2.32. The first-order valence-electron chi connectivity index (χ1n) is 8.84. The van der Waals surface area contributed by atoms with Crippen molar-refractivity contribution in [1.82, 2.24) is 14.9 Å². The summed E-state index contributed by atoms with van der Waals surface area (Å²) in [6.07, 6.45) is 1.05. The minimum Gasteiger partial charge on any atom is -0.486 e. The zero-order valence-corrected chi connectivity index (χ0v) is 16.9. The molecule has 0 bridgehead atoms. The van der Waals surface area contributed by atoms with Crippen LogP contribution in [0.4, 0.5) is 0 Å². The van der Waals surface area contributed by atoms with E-state index in [9.17, 15) is 13.2 Å². The van der Waals surface area contributed by atoms with Crippen LogP contribution in [0.15, 0.2) is 23.1 Å². The van der Waals surface area contributed by atoms with Gasteiger partial charge in [0, 0.05) is 38.2 Å². The van der Waals surface area contributed by atoms with Crippen molar-refractivity contribution < 1.29 is 22.7 Å². The first-order valence-corrected chi connectivity index (χ1v) is 10.3. The molecule has 0 saturated carbocycles. The number of carbonyl (C=O) groups excluding carboxylic acids is 1. The van der Waals surface area contributed by atoms with Crippen molar-refractivity contribution in [2.75, 3.05) is 46.4 Å². The molecule has 2 aliphatic rings. The number of rotatable bonds is 6. The lowest BCUT2D eigenvalue weighted by Crippen LogP contribution is -2.43. The Morgan fingerprint density at radius 3 is 2.48 bits per heavy atom. The summed E-state index contributed by atoms with van der Waals surface area (Å²) in [7, 11) is -1.78. The number of amides is 1. The van der Waals surface area contributed by atoms with Gasteiger partial charge in [-0.1, -0.05) is 0 Å². The number of nitrogens with zero attached hydrogens (tertiary/aromatic N) is 1. The highest BCUT2D eigenvalue weighted by molar-refractivity contribution is 7.89. The Hall–Kier alpha value is -1.55. The van der Waals surface area contributed by atoms with Crippen LogP contribution < -0.4 is 20.1 Å². The molecule has 2 N–H and O–H groups in total. The lowest BCUT2D eigenvalue weighted by Gasteiger charge is -2.30. The van der Waals surface area contributed by atoms with Crippen LogP contribution in [0, 0.1) is 5.92 Å². The minimum atomic E-state index is -3.61. The Bertz CT molecular complexity index is 751. The summed E-state index contributed by atoms with van der Waals surface area (Å²) >= 11 is 0. The van der Waals surface area contributed by atoms with E-state index in [1.54, 1.807) is 12.1 Å². The van der Waals surface area contributed by atoms with E-state index >= 15 is 0 Å². The second kappa shape index (κ2) is 9.59. The van der Waals surface area contributed by atoms with E-state index in [4.69, 9.17) is 9.47 Å². The van der Waals surface area contributed by atoms with Crippen molar-refractivity contribution in [1.29, 1.82) is 0 Å². The molecular weight excluding hydrogens is 394 g/mol. The molecule has 1 amide bonds. The van der Waals surface area contributed by atoms with Gasteiger partial charge < -0.3 is 20.1 Å². The molecule has 8 nitrogen and oxygen atoms in total. The lowest BCUT2D eigenvalue weighted by atomic mass is 9.97. The molecule has 0 aromatic heterocycles. The van der Waals surface area contributed by atoms with Gasteiger partial charge in [-0.15, -0.1) is 12.4 Å². The van der Waals surface area contributed by atoms with Crippen molar-refractivity contribution in [3.63, 3.8) is 0 Å². The van der Waals surface area contributed by atoms with Gasteiger partial charge in [-0.05, 0) is 32.0 Å². The maximum atomic E-state index is 12.9. The molecule has 2 aliphatic heterocycles. The summed E-state index contributed by atoms with van der Waals surface area (Å²) in [6, 6.07) is 4.68. The highest BCUT2D eigenvalue weighted by Crippen LogP contribution is 2.34. The number of likely N-dealkylation sites (N-methyl/N-ethyl adjacent to an activating group) is 1. The Labute approximate surface area is 166 Å². The van der Waals surface area contributed by atoms with Crippen LogP contribution in [-0.2, 0) is 14.8 Å². The normalized spacial score (nSPS) is 17.8. The monoisotopic (exact) mass is 419 g/mol. The second-order valence-electron chi connectivity index (χ2n) is 6.38. The van der Waals surface area contributed by atoms with Crippen LogP contribution in [0.2, 0.25) is 0 Å². The maximum Gasteiger partial charge on any atom is 0.243 e. The molecule has 1 aromatic rings. The Morgan fingerprint density at radius 1 is 1.15 bits per heavy atom. The number of sulfonamides is 1. The van der Waals surface area contributed by atoms with E-state index < -0.39 is 10.0 Å². The predicted molar refractivity (Wildman–Crippen MR) is 103 cm³/mol. The molecule has 0 radical (unpaired) electrons. The standard InChI is InChI=1S/C17H25N3O5S.ClH/c1-18-6-7-19-17(21)13-4-8-20(9-5-13)26(22,23)14-2-3-15-16(12-14)25-11-10-24-15;/h2-3,12-13,18H,4-11H2,1H3,(H,19,21);1H. The van der Waals surface area contributed by atoms with Crippen molar-refractivity contribution in [2.45, 2.75) is 17.7 Å². The number of piperidine rings is 1. The van der Waals surface area contributed by atoms with Gasteiger partial charge >= 0.3 is 0 Å². The first kappa shape index (κ1) is 21.7. The number of carbonyl (C=O) groups is 1. The molecule has 0 unspecified atom stereocenters. The molecule has 0 spiro atoms. The van der Waals surface area contributed by atoms with Crippen molar-refractivity contribution in [3.8, 4) is 11.5 Å². The average molecular weight is 420 g/mol. The quantitative estimate of drug-likeness (QED) is 0.656. The fourth-order valence-corrected chi connectivity index (χ4v) is 4.63. The van der Waals surface area contributed by atoms with E-state index in [-0.39, 0.29) is 29.1 Å². The van der Waals surface area contributed by atoms with Crippen LogP contribution in [-0.4, -0.2) is 65.1 Å². The van der Waals surface area contributed by atoms with Crippen molar-refractivity contribution in [2.24, 2.45) is 5.92 Å². The Morgan fingerprint density at radius 2 is 1.81 bits per heavy atom. The number of fused-ring (bicyclic) bond motifs is 1. The highest BCUT2D eigenvalue weighted by atomic mass is 35.5. The van der Waals surface area contributed by atoms with Gasteiger partial charge in [-0.2, -0.15) is 4.31 Å². The summed E-state index contributed by atoms with van der Waals surface area (Å²) in [5.41, 5.74) is 0. The molecule has 0 atom stereocenters. The van der Waals surface area contributed by atoms with Gasteiger partial charge in [0.05, 0.1) is 4.90 Å². The van der Waals surface area contributed by atoms with Crippen LogP contribution in [0.1, 0.15) is 12.8 Å². The smallest absolute Gasteiger partial charge is 0.243 e. The summed E-state index contributed by atoms with van der Waals surface area (Å²) in [5.74, 6) is 0.874. The fourth-order valence-electron chi connectivity index (χ4n) is 3.15. The zero-order valence-electron chi connectivity index (χ0n) is 15.3. The topological polar surface area (TPSA) is 97.0 Å². The third-order valence-electron chi connectivity index (χ3n) is 4.65. The van der Waals surface area contributed by atoms with E-state index in [1.165, 1.54) is 10.4 Å². The molecule has 1 fully saturated rings. The van der Waals surface area contributed by atoms with Crippen LogP contribution in [0.5, 0.6) is 11.5 Å². The summed E-state index contributed by atoms with van der Waals surface area (Å²) < 4.78 is 38.1. The molecule has 152 valence electrons. The van der Waals surface area contributed by atoms with Crippen molar-refractivity contribution in [3.05, 3.63) is 18.2 Å². The first-order chi connectivity index (χ1) is 12.5. The number of hydrogen-bond acceptors (Lipinski definition) is 6. The van der Waals surface area contributed by atoms with Gasteiger partial charge in [-0.25, -0.2) is 8.42 Å². The van der Waals surface area contributed by atoms with E-state index in [0.717, 1.165) is 0 Å². The van der Waals surface area contributed by atoms with Gasteiger partial charge in [0.2, 0.25) is 15.9 Å². The zero-order chi connectivity index (χ0) is 18.6. The lowest BCUT2D eigenvalue weighted by molar-refractivity contribution is -0.126.